The predicted molar refractivity (Wildman–Crippen MR) is 86.9 cm³/mol. The van der Waals surface area contributed by atoms with E-state index < -0.39 is 23.4 Å². The lowest BCUT2D eigenvalue weighted by atomic mass is 10.00. The molecule has 1 atom stereocenters. The second-order valence-corrected chi connectivity index (χ2v) is 6.23. The number of nitrogens with one attached hydrogen (secondary N) is 2. The van der Waals surface area contributed by atoms with Gasteiger partial charge in [0.1, 0.15) is 11.1 Å². The zero-order valence-electron chi connectivity index (χ0n) is 13.8. The maximum atomic E-state index is 12.3. The van der Waals surface area contributed by atoms with E-state index in [9.17, 15) is 14.4 Å². The van der Waals surface area contributed by atoms with Crippen LogP contribution in [0.25, 0.3) is 11.0 Å². The predicted octanol–water partition coefficient (Wildman–Crippen LogP) is 2.04. The molecule has 1 aliphatic rings. The van der Waals surface area contributed by atoms with Crippen LogP contribution in [0.3, 0.4) is 0 Å². The lowest BCUT2D eigenvalue weighted by Gasteiger charge is -2.19. The van der Waals surface area contributed by atoms with Gasteiger partial charge in [0.15, 0.2) is 0 Å². The fourth-order valence-corrected chi connectivity index (χ4v) is 2.69. The first-order valence-corrected chi connectivity index (χ1v) is 7.77. The number of hydrazine groups is 1. The molecule has 3 rings (SSSR count). The molecule has 1 aliphatic heterocycles. The van der Waals surface area contributed by atoms with Gasteiger partial charge in [-0.3, -0.25) is 15.0 Å². The lowest BCUT2D eigenvalue weighted by Crippen LogP contribution is -2.49. The molecule has 2 N–H and O–H groups in total. The van der Waals surface area contributed by atoms with Crippen LogP contribution in [0.2, 0.25) is 0 Å². The average molecular weight is 329 g/mol. The van der Waals surface area contributed by atoms with Crippen molar-refractivity contribution < 1.29 is 18.8 Å². The van der Waals surface area contributed by atoms with Crippen molar-refractivity contribution in [2.45, 2.75) is 39.2 Å². The van der Waals surface area contributed by atoms with Crippen molar-refractivity contribution >= 4 is 28.8 Å². The van der Waals surface area contributed by atoms with Crippen LogP contribution in [0.1, 0.15) is 31.4 Å². The summed E-state index contributed by atoms with van der Waals surface area (Å²) in [7, 11) is 0. The number of carbonyl (C=O) groups excluding carboxylic acids is 3. The molecule has 2 aromatic rings. The monoisotopic (exact) mass is 329 g/mol. The highest BCUT2D eigenvalue weighted by Crippen LogP contribution is 2.23. The third-order valence-corrected chi connectivity index (χ3v) is 4.37. The van der Waals surface area contributed by atoms with Gasteiger partial charge in [0.05, 0.1) is 12.7 Å². The summed E-state index contributed by atoms with van der Waals surface area (Å²) < 4.78 is 5.45. The van der Waals surface area contributed by atoms with Crippen LogP contribution in [0.5, 0.6) is 0 Å². The normalized spacial score (nSPS) is 20.5. The van der Waals surface area contributed by atoms with Gasteiger partial charge in [0, 0.05) is 10.9 Å². The highest BCUT2D eigenvalue weighted by atomic mass is 16.3. The fraction of sp³-hybridized carbons (Fsp3) is 0.353. The average Bonchev–Trinajstić information content (AvgIpc) is 3.02. The summed E-state index contributed by atoms with van der Waals surface area (Å²) in [6, 6.07) is 5.09. The summed E-state index contributed by atoms with van der Waals surface area (Å²) in [5, 5.41) is 4.17. The standard InChI is InChI=1S/C17H19N3O4/c1-4-17(3)15(22)20(16(23)18-17)19-14(21)8-11-9-24-13-7-10(2)5-6-12(11)13/h5-7,9H,4,8H2,1-3H3,(H,18,23)(H,19,21)/t17-/m1/s1. The van der Waals surface area contributed by atoms with Crippen molar-refractivity contribution in [1.29, 1.82) is 0 Å². The molecular weight excluding hydrogens is 310 g/mol. The molecule has 0 radical (unpaired) electrons. The quantitative estimate of drug-likeness (QED) is 0.840. The minimum atomic E-state index is -0.982. The third kappa shape index (κ3) is 2.62. The number of nitrogens with zero attached hydrogens (tertiary/aromatic N) is 1. The van der Waals surface area contributed by atoms with E-state index in [2.05, 4.69) is 10.7 Å². The maximum Gasteiger partial charge on any atom is 0.344 e. The van der Waals surface area contributed by atoms with Crippen molar-refractivity contribution in [1.82, 2.24) is 15.8 Å². The third-order valence-electron chi connectivity index (χ3n) is 4.37. The highest BCUT2D eigenvalue weighted by Gasteiger charge is 2.47. The molecule has 1 aromatic carbocycles. The summed E-state index contributed by atoms with van der Waals surface area (Å²) in [6.45, 7) is 5.38. The smallest absolute Gasteiger partial charge is 0.344 e. The Labute approximate surface area is 139 Å². The minimum absolute atomic E-state index is 0.00988. The van der Waals surface area contributed by atoms with Gasteiger partial charge < -0.3 is 9.73 Å². The van der Waals surface area contributed by atoms with E-state index in [1.165, 1.54) is 6.26 Å². The van der Waals surface area contributed by atoms with Crippen molar-refractivity contribution in [3.8, 4) is 0 Å². The summed E-state index contributed by atoms with van der Waals surface area (Å²) >= 11 is 0. The summed E-state index contributed by atoms with van der Waals surface area (Å²) in [5.41, 5.74) is 3.85. The molecule has 0 saturated carbocycles. The number of carbonyl (C=O) groups is 3. The van der Waals surface area contributed by atoms with E-state index >= 15 is 0 Å². The molecule has 0 spiro atoms. The van der Waals surface area contributed by atoms with E-state index in [0.717, 1.165) is 16.0 Å². The zero-order valence-corrected chi connectivity index (χ0v) is 13.8. The number of hydrogen-bond donors (Lipinski definition) is 2. The summed E-state index contributed by atoms with van der Waals surface area (Å²) in [5.74, 6) is -0.918. The summed E-state index contributed by atoms with van der Waals surface area (Å²) in [4.78, 5) is 36.4. The fourth-order valence-electron chi connectivity index (χ4n) is 2.69. The Hall–Kier alpha value is -2.83. The van der Waals surface area contributed by atoms with Crippen LogP contribution in [0, 0.1) is 6.92 Å². The van der Waals surface area contributed by atoms with Gasteiger partial charge >= 0.3 is 6.03 Å². The van der Waals surface area contributed by atoms with E-state index in [1.54, 1.807) is 13.8 Å². The molecule has 0 aliphatic carbocycles. The number of rotatable bonds is 4. The lowest BCUT2D eigenvalue weighted by molar-refractivity contribution is -0.138. The largest absolute Gasteiger partial charge is 0.464 e. The van der Waals surface area contributed by atoms with Gasteiger partial charge in [-0.15, -0.1) is 0 Å². The maximum absolute atomic E-state index is 12.3. The van der Waals surface area contributed by atoms with Crippen molar-refractivity contribution in [3.63, 3.8) is 0 Å². The van der Waals surface area contributed by atoms with Gasteiger partial charge in [-0.25, -0.2) is 4.79 Å². The SMILES string of the molecule is CC[C@@]1(C)NC(=O)N(NC(=O)Cc2coc3cc(C)ccc23)C1=O. The Morgan fingerprint density at radius 2 is 2.12 bits per heavy atom. The van der Waals surface area contributed by atoms with E-state index in [1.807, 2.05) is 25.1 Å². The van der Waals surface area contributed by atoms with Gasteiger partial charge in [-0.1, -0.05) is 19.1 Å². The Morgan fingerprint density at radius 3 is 2.79 bits per heavy atom. The number of hydrogen-bond acceptors (Lipinski definition) is 4. The molecule has 24 heavy (non-hydrogen) atoms. The molecule has 7 nitrogen and oxygen atoms in total. The molecule has 2 heterocycles. The Balaban J connectivity index is 1.74. The van der Waals surface area contributed by atoms with E-state index in [-0.39, 0.29) is 6.42 Å². The molecule has 1 aromatic heterocycles. The van der Waals surface area contributed by atoms with E-state index in [4.69, 9.17) is 4.42 Å². The number of imide groups is 1. The Kier molecular flexibility index (Phi) is 3.79. The van der Waals surface area contributed by atoms with Crippen LogP contribution >= 0.6 is 0 Å². The topological polar surface area (TPSA) is 91.7 Å². The molecule has 1 fully saturated rings. The van der Waals surface area contributed by atoms with Crippen LogP contribution < -0.4 is 10.7 Å². The number of urea groups is 1. The van der Waals surface area contributed by atoms with Crippen LogP contribution in [-0.2, 0) is 16.0 Å². The second-order valence-electron chi connectivity index (χ2n) is 6.23. The molecule has 7 heteroatoms. The number of fused-ring (bicyclic) bond motifs is 1. The number of amides is 4. The molecule has 0 bridgehead atoms. The molecule has 4 amide bonds. The Morgan fingerprint density at radius 1 is 1.38 bits per heavy atom. The zero-order chi connectivity index (χ0) is 17.5. The highest BCUT2D eigenvalue weighted by molar-refractivity contribution is 6.07. The van der Waals surface area contributed by atoms with Crippen LogP contribution in [-0.4, -0.2) is 28.4 Å². The molecule has 1 saturated heterocycles. The first-order valence-electron chi connectivity index (χ1n) is 7.77. The molecule has 0 unspecified atom stereocenters. The van der Waals surface area contributed by atoms with Gasteiger partial charge in [0.2, 0.25) is 5.91 Å². The van der Waals surface area contributed by atoms with Gasteiger partial charge in [-0.2, -0.15) is 5.01 Å². The number of benzene rings is 1. The first kappa shape index (κ1) is 16.0. The summed E-state index contributed by atoms with van der Waals surface area (Å²) in [6.07, 6.45) is 1.97. The van der Waals surface area contributed by atoms with E-state index in [0.29, 0.717) is 17.6 Å². The number of aryl methyl sites for hydroxylation is 1. The first-order chi connectivity index (χ1) is 11.3. The van der Waals surface area contributed by atoms with Crippen molar-refractivity contribution in [2.75, 3.05) is 0 Å². The van der Waals surface area contributed by atoms with Crippen molar-refractivity contribution in [3.05, 3.63) is 35.6 Å². The van der Waals surface area contributed by atoms with Crippen molar-refractivity contribution in [2.24, 2.45) is 0 Å². The van der Waals surface area contributed by atoms with Crippen LogP contribution in [0.4, 0.5) is 4.79 Å². The molecule has 126 valence electrons. The minimum Gasteiger partial charge on any atom is -0.464 e. The second kappa shape index (κ2) is 5.67. The van der Waals surface area contributed by atoms with Crippen LogP contribution in [0.15, 0.2) is 28.9 Å². The Bertz CT molecular complexity index is 841. The van der Waals surface area contributed by atoms with Gasteiger partial charge in [-0.05, 0) is 31.9 Å². The number of furan rings is 1. The van der Waals surface area contributed by atoms with Gasteiger partial charge in [0.25, 0.3) is 5.91 Å². The molecular formula is C17H19N3O4.